The number of nitrogens with zero attached hydrogens (tertiary/aromatic N) is 3. The second-order valence-electron chi connectivity index (χ2n) is 6.56. The zero-order chi connectivity index (χ0) is 15.8. The van der Waals surface area contributed by atoms with Gasteiger partial charge in [-0.15, -0.1) is 0 Å². The van der Waals surface area contributed by atoms with Crippen LogP contribution >= 0.6 is 0 Å². The van der Waals surface area contributed by atoms with Crippen molar-refractivity contribution in [1.29, 1.82) is 0 Å². The van der Waals surface area contributed by atoms with Crippen LogP contribution in [0.5, 0.6) is 0 Å². The molecule has 5 heteroatoms. The van der Waals surface area contributed by atoms with Gasteiger partial charge >= 0.3 is 0 Å². The molecular weight excluding hydrogens is 293 g/mol. The Labute approximate surface area is 134 Å². The van der Waals surface area contributed by atoms with Gasteiger partial charge in [0.15, 0.2) is 0 Å². The van der Waals surface area contributed by atoms with Crippen LogP contribution in [0.2, 0.25) is 0 Å². The zero-order valence-corrected chi connectivity index (χ0v) is 12.9. The van der Waals surface area contributed by atoms with Crippen molar-refractivity contribution >= 4 is 5.91 Å². The van der Waals surface area contributed by atoms with Gasteiger partial charge in [-0.25, -0.2) is 4.39 Å². The fourth-order valence-electron chi connectivity index (χ4n) is 3.73. The average molecular weight is 313 g/mol. The van der Waals surface area contributed by atoms with E-state index in [1.54, 1.807) is 18.3 Å². The molecule has 120 valence electrons. The molecule has 2 aromatic rings. The Morgan fingerprint density at radius 2 is 2.26 bits per heavy atom. The van der Waals surface area contributed by atoms with Crippen LogP contribution in [0, 0.1) is 11.7 Å². The van der Waals surface area contributed by atoms with E-state index in [0.29, 0.717) is 0 Å². The highest BCUT2D eigenvalue weighted by molar-refractivity contribution is 5.83. The molecular formula is C18H20FN3O. The van der Waals surface area contributed by atoms with Gasteiger partial charge in [-0.2, -0.15) is 5.10 Å². The second-order valence-corrected chi connectivity index (χ2v) is 6.56. The number of benzene rings is 1. The molecule has 4 nitrogen and oxygen atoms in total. The maximum Gasteiger partial charge on any atom is 0.226 e. The van der Waals surface area contributed by atoms with E-state index in [2.05, 4.69) is 5.10 Å². The summed E-state index contributed by atoms with van der Waals surface area (Å²) in [5.74, 6) is 0.214. The number of carbonyl (C=O) groups is 1. The summed E-state index contributed by atoms with van der Waals surface area (Å²) >= 11 is 0. The average Bonchev–Trinajstić information content (AvgIpc) is 2.94. The SMILES string of the molecule is O=C([C@@H]1C[C@@H]1c1cccc(F)c1)N1CCC[C@H]1Cn1cccn1. The first-order chi connectivity index (χ1) is 11.2. The number of hydrogen-bond donors (Lipinski definition) is 0. The number of rotatable bonds is 4. The molecule has 1 saturated carbocycles. The summed E-state index contributed by atoms with van der Waals surface area (Å²) < 4.78 is 15.2. The van der Waals surface area contributed by atoms with E-state index in [0.717, 1.165) is 37.9 Å². The van der Waals surface area contributed by atoms with Crippen molar-refractivity contribution in [3.63, 3.8) is 0 Å². The lowest BCUT2D eigenvalue weighted by Crippen LogP contribution is -2.39. The van der Waals surface area contributed by atoms with E-state index in [-0.39, 0.29) is 29.6 Å². The monoisotopic (exact) mass is 313 g/mol. The smallest absolute Gasteiger partial charge is 0.226 e. The van der Waals surface area contributed by atoms with Crippen LogP contribution in [0.4, 0.5) is 4.39 Å². The van der Waals surface area contributed by atoms with Crippen LogP contribution in [-0.2, 0) is 11.3 Å². The number of likely N-dealkylation sites (tertiary alicyclic amines) is 1. The molecule has 23 heavy (non-hydrogen) atoms. The Hall–Kier alpha value is -2.17. The lowest BCUT2D eigenvalue weighted by atomic mass is 10.1. The molecule has 1 aliphatic heterocycles. The van der Waals surface area contributed by atoms with E-state index in [1.807, 2.05) is 27.9 Å². The Morgan fingerprint density at radius 1 is 1.35 bits per heavy atom. The van der Waals surface area contributed by atoms with E-state index in [1.165, 1.54) is 6.07 Å². The molecule has 3 atom stereocenters. The summed E-state index contributed by atoms with van der Waals surface area (Å²) in [4.78, 5) is 14.8. The number of hydrogen-bond acceptors (Lipinski definition) is 2. The fraction of sp³-hybridized carbons (Fsp3) is 0.444. The Bertz CT molecular complexity index is 700. The molecule has 1 amide bonds. The normalized spacial score (nSPS) is 26.5. The van der Waals surface area contributed by atoms with Crippen molar-refractivity contribution in [2.24, 2.45) is 5.92 Å². The summed E-state index contributed by atoms with van der Waals surface area (Å²) in [5, 5.41) is 4.24. The molecule has 1 saturated heterocycles. The van der Waals surface area contributed by atoms with Crippen LogP contribution in [0.3, 0.4) is 0 Å². The number of halogens is 1. The highest BCUT2D eigenvalue weighted by Gasteiger charge is 2.47. The van der Waals surface area contributed by atoms with Gasteiger partial charge in [0.25, 0.3) is 0 Å². The molecule has 0 N–H and O–H groups in total. The number of carbonyl (C=O) groups excluding carboxylic acids is 1. The molecule has 2 heterocycles. The number of amides is 1. The maximum atomic E-state index is 13.4. The third kappa shape index (κ3) is 2.87. The molecule has 4 rings (SSSR count). The van der Waals surface area contributed by atoms with Crippen molar-refractivity contribution < 1.29 is 9.18 Å². The quantitative estimate of drug-likeness (QED) is 0.870. The Kier molecular flexibility index (Phi) is 3.63. The molecule has 2 fully saturated rings. The van der Waals surface area contributed by atoms with Gasteiger partial charge in [-0.05, 0) is 48.9 Å². The van der Waals surface area contributed by atoms with Gasteiger partial charge in [0, 0.05) is 24.9 Å². The minimum absolute atomic E-state index is 0.0232. The topological polar surface area (TPSA) is 38.1 Å². The van der Waals surface area contributed by atoms with E-state index < -0.39 is 0 Å². The molecule has 0 spiro atoms. The molecule has 1 aliphatic carbocycles. The summed E-state index contributed by atoms with van der Waals surface area (Å²) in [6, 6.07) is 8.79. The van der Waals surface area contributed by atoms with Crippen molar-refractivity contribution in [3.05, 3.63) is 54.1 Å². The first-order valence-electron chi connectivity index (χ1n) is 8.26. The van der Waals surface area contributed by atoms with Crippen LogP contribution in [0.25, 0.3) is 0 Å². The second kappa shape index (κ2) is 5.80. The minimum atomic E-state index is -0.224. The molecule has 1 aromatic carbocycles. The maximum absolute atomic E-state index is 13.4. The van der Waals surface area contributed by atoms with Crippen molar-refractivity contribution in [1.82, 2.24) is 14.7 Å². The van der Waals surface area contributed by atoms with Crippen molar-refractivity contribution in [2.45, 2.75) is 37.8 Å². The van der Waals surface area contributed by atoms with Crippen LogP contribution < -0.4 is 0 Å². The Morgan fingerprint density at radius 3 is 3.04 bits per heavy atom. The summed E-state index contributed by atoms with van der Waals surface area (Å²) in [6.45, 7) is 1.59. The third-order valence-electron chi connectivity index (χ3n) is 5.00. The zero-order valence-electron chi connectivity index (χ0n) is 12.9. The highest BCUT2D eigenvalue weighted by Crippen LogP contribution is 2.49. The van der Waals surface area contributed by atoms with Gasteiger partial charge in [-0.1, -0.05) is 12.1 Å². The lowest BCUT2D eigenvalue weighted by Gasteiger charge is -2.25. The van der Waals surface area contributed by atoms with Crippen LogP contribution in [0.15, 0.2) is 42.7 Å². The van der Waals surface area contributed by atoms with Gasteiger partial charge in [0.05, 0.1) is 12.6 Å². The molecule has 2 aliphatic rings. The van der Waals surface area contributed by atoms with Crippen LogP contribution in [-0.4, -0.2) is 33.2 Å². The van der Waals surface area contributed by atoms with Gasteiger partial charge in [0.2, 0.25) is 5.91 Å². The lowest BCUT2D eigenvalue weighted by molar-refractivity contribution is -0.133. The third-order valence-corrected chi connectivity index (χ3v) is 5.00. The molecule has 0 bridgehead atoms. The standard InChI is InChI=1S/C18H20FN3O/c19-14-5-1-4-13(10-14)16-11-17(16)18(23)22-9-2-6-15(22)12-21-8-3-7-20-21/h1,3-5,7-8,10,15-17H,2,6,9,11-12H2/t15-,16+,17+/m0/s1. The van der Waals surface area contributed by atoms with Gasteiger partial charge < -0.3 is 4.90 Å². The van der Waals surface area contributed by atoms with Gasteiger partial charge in [-0.3, -0.25) is 9.48 Å². The molecule has 1 aromatic heterocycles. The van der Waals surface area contributed by atoms with Crippen molar-refractivity contribution in [3.8, 4) is 0 Å². The fourth-order valence-corrected chi connectivity index (χ4v) is 3.73. The van der Waals surface area contributed by atoms with Crippen molar-refractivity contribution in [2.75, 3.05) is 6.54 Å². The largest absolute Gasteiger partial charge is 0.338 e. The first kappa shape index (κ1) is 14.4. The van der Waals surface area contributed by atoms with E-state index in [4.69, 9.17) is 0 Å². The summed E-state index contributed by atoms with van der Waals surface area (Å²) in [5.41, 5.74) is 0.950. The van der Waals surface area contributed by atoms with E-state index >= 15 is 0 Å². The summed E-state index contributed by atoms with van der Waals surface area (Å²) in [7, 11) is 0. The van der Waals surface area contributed by atoms with Crippen LogP contribution in [0.1, 0.15) is 30.7 Å². The predicted octanol–water partition coefficient (Wildman–Crippen LogP) is 2.82. The van der Waals surface area contributed by atoms with E-state index in [9.17, 15) is 9.18 Å². The number of aromatic nitrogens is 2. The minimum Gasteiger partial charge on any atom is -0.338 e. The molecule has 0 unspecified atom stereocenters. The summed E-state index contributed by atoms with van der Waals surface area (Å²) in [6.07, 6.45) is 6.63. The predicted molar refractivity (Wildman–Crippen MR) is 84.2 cm³/mol. The molecule has 0 radical (unpaired) electrons. The Balaban J connectivity index is 1.43. The highest BCUT2D eigenvalue weighted by atomic mass is 19.1. The van der Waals surface area contributed by atoms with Gasteiger partial charge in [0.1, 0.15) is 5.82 Å². The first-order valence-corrected chi connectivity index (χ1v) is 8.26.